The van der Waals surface area contributed by atoms with E-state index in [0.717, 1.165) is 15.8 Å². The van der Waals surface area contributed by atoms with Crippen LogP contribution in [0.2, 0.25) is 0 Å². The maximum absolute atomic E-state index is 12.2. The number of aromatic nitrogens is 1. The standard InChI is InChI=1S/C15H12BrNO3/c1-19-12-5-2-10(3-6-12)9-17-15(18)13-7-4-11(16)8-14(13)20-17/h2-8H,9H2,1H3. The summed E-state index contributed by atoms with van der Waals surface area (Å²) >= 11 is 3.36. The van der Waals surface area contributed by atoms with Gasteiger partial charge in [-0.3, -0.25) is 4.79 Å². The first-order valence-electron chi connectivity index (χ1n) is 6.09. The van der Waals surface area contributed by atoms with E-state index in [0.29, 0.717) is 17.5 Å². The molecule has 0 N–H and O–H groups in total. The predicted octanol–water partition coefficient (Wildman–Crippen LogP) is 3.41. The summed E-state index contributed by atoms with van der Waals surface area (Å²) < 4.78 is 12.9. The normalized spacial score (nSPS) is 10.9. The Labute approximate surface area is 123 Å². The van der Waals surface area contributed by atoms with Crippen LogP contribution in [0.1, 0.15) is 5.56 Å². The van der Waals surface area contributed by atoms with Crippen LogP contribution in [0.15, 0.2) is 56.3 Å². The molecular formula is C15H12BrNO3. The summed E-state index contributed by atoms with van der Waals surface area (Å²) in [5.41, 5.74) is 1.44. The number of nitrogens with zero attached hydrogens (tertiary/aromatic N) is 1. The fourth-order valence-electron chi connectivity index (χ4n) is 2.04. The van der Waals surface area contributed by atoms with Gasteiger partial charge in [-0.15, -0.1) is 0 Å². The third-order valence-electron chi connectivity index (χ3n) is 3.09. The van der Waals surface area contributed by atoms with Crippen LogP contribution in [-0.2, 0) is 6.54 Å². The molecule has 0 aliphatic carbocycles. The summed E-state index contributed by atoms with van der Waals surface area (Å²) in [4.78, 5) is 12.2. The van der Waals surface area contributed by atoms with Gasteiger partial charge in [0.25, 0.3) is 5.56 Å². The second-order valence-corrected chi connectivity index (χ2v) is 5.34. The van der Waals surface area contributed by atoms with Crippen LogP contribution < -0.4 is 10.3 Å². The fraction of sp³-hybridized carbons (Fsp3) is 0.133. The average molecular weight is 334 g/mol. The minimum atomic E-state index is -0.122. The van der Waals surface area contributed by atoms with Gasteiger partial charge >= 0.3 is 0 Å². The van der Waals surface area contributed by atoms with Gasteiger partial charge in [0.2, 0.25) is 0 Å². The van der Waals surface area contributed by atoms with Gasteiger partial charge in [0, 0.05) is 4.47 Å². The molecule has 0 fully saturated rings. The molecule has 0 saturated heterocycles. The Morgan fingerprint density at radius 1 is 1.20 bits per heavy atom. The maximum Gasteiger partial charge on any atom is 0.290 e. The number of rotatable bonds is 3. The van der Waals surface area contributed by atoms with Gasteiger partial charge in [0.1, 0.15) is 5.75 Å². The van der Waals surface area contributed by atoms with E-state index in [1.807, 2.05) is 30.3 Å². The maximum atomic E-state index is 12.2. The van der Waals surface area contributed by atoms with E-state index in [1.54, 1.807) is 19.2 Å². The van der Waals surface area contributed by atoms with Crippen LogP contribution >= 0.6 is 15.9 Å². The van der Waals surface area contributed by atoms with E-state index < -0.39 is 0 Å². The molecule has 2 aromatic carbocycles. The van der Waals surface area contributed by atoms with Crippen LogP contribution in [0.4, 0.5) is 0 Å². The van der Waals surface area contributed by atoms with Crippen molar-refractivity contribution >= 4 is 26.9 Å². The van der Waals surface area contributed by atoms with Crippen molar-refractivity contribution in [2.75, 3.05) is 7.11 Å². The van der Waals surface area contributed by atoms with E-state index in [4.69, 9.17) is 9.26 Å². The molecule has 3 aromatic rings. The molecule has 102 valence electrons. The van der Waals surface area contributed by atoms with Crippen LogP contribution in [0.5, 0.6) is 5.75 Å². The monoisotopic (exact) mass is 333 g/mol. The minimum Gasteiger partial charge on any atom is -0.497 e. The van der Waals surface area contributed by atoms with E-state index in [1.165, 1.54) is 4.74 Å². The van der Waals surface area contributed by atoms with Crippen molar-refractivity contribution in [3.05, 3.63) is 62.9 Å². The molecule has 0 aliphatic heterocycles. The molecule has 0 unspecified atom stereocenters. The molecule has 0 atom stereocenters. The zero-order valence-corrected chi connectivity index (χ0v) is 12.4. The van der Waals surface area contributed by atoms with Crippen LogP contribution in [0, 0.1) is 0 Å². The van der Waals surface area contributed by atoms with Crippen molar-refractivity contribution < 1.29 is 9.26 Å². The molecule has 1 heterocycles. The SMILES string of the molecule is COc1ccc(Cn2oc3cc(Br)ccc3c2=O)cc1. The predicted molar refractivity (Wildman–Crippen MR) is 80.3 cm³/mol. The molecule has 0 amide bonds. The average Bonchev–Trinajstić information content (AvgIpc) is 2.75. The number of methoxy groups -OCH3 is 1. The summed E-state index contributed by atoms with van der Waals surface area (Å²) in [5.74, 6) is 0.787. The molecule has 20 heavy (non-hydrogen) atoms. The van der Waals surface area contributed by atoms with Gasteiger partial charge in [-0.1, -0.05) is 28.1 Å². The first-order valence-corrected chi connectivity index (χ1v) is 6.89. The van der Waals surface area contributed by atoms with E-state index >= 15 is 0 Å². The Morgan fingerprint density at radius 2 is 1.95 bits per heavy atom. The molecule has 5 heteroatoms. The van der Waals surface area contributed by atoms with Crippen LogP contribution in [-0.4, -0.2) is 11.8 Å². The zero-order valence-electron chi connectivity index (χ0n) is 10.8. The quantitative estimate of drug-likeness (QED) is 0.737. The molecule has 1 aromatic heterocycles. The Balaban J connectivity index is 1.97. The number of ether oxygens (including phenoxy) is 1. The number of benzene rings is 2. The van der Waals surface area contributed by atoms with Gasteiger partial charge < -0.3 is 9.26 Å². The smallest absolute Gasteiger partial charge is 0.290 e. The highest BCUT2D eigenvalue weighted by Crippen LogP contribution is 2.18. The molecule has 4 nitrogen and oxygen atoms in total. The number of hydrogen-bond acceptors (Lipinski definition) is 3. The molecule has 3 rings (SSSR count). The lowest BCUT2D eigenvalue weighted by Crippen LogP contribution is -2.14. The largest absolute Gasteiger partial charge is 0.497 e. The molecule has 0 radical (unpaired) electrons. The van der Waals surface area contributed by atoms with Crippen LogP contribution in [0.25, 0.3) is 11.0 Å². The summed E-state index contributed by atoms with van der Waals surface area (Å²) in [6.07, 6.45) is 0. The third-order valence-corrected chi connectivity index (χ3v) is 3.59. The first-order chi connectivity index (χ1) is 9.67. The van der Waals surface area contributed by atoms with E-state index in [2.05, 4.69) is 15.9 Å². The lowest BCUT2D eigenvalue weighted by molar-refractivity contribution is 0.301. The summed E-state index contributed by atoms with van der Waals surface area (Å²) in [7, 11) is 1.62. The topological polar surface area (TPSA) is 44.4 Å². The van der Waals surface area contributed by atoms with Crippen LogP contribution in [0.3, 0.4) is 0 Å². The van der Waals surface area contributed by atoms with Gasteiger partial charge in [-0.05, 0) is 35.9 Å². The lowest BCUT2D eigenvalue weighted by atomic mass is 10.2. The first kappa shape index (κ1) is 13.0. The highest BCUT2D eigenvalue weighted by atomic mass is 79.9. The molecule has 0 bridgehead atoms. The summed E-state index contributed by atoms with van der Waals surface area (Å²) in [6, 6.07) is 12.9. The minimum absolute atomic E-state index is 0.122. The Morgan fingerprint density at radius 3 is 2.65 bits per heavy atom. The second-order valence-electron chi connectivity index (χ2n) is 4.42. The van der Waals surface area contributed by atoms with Crippen molar-refractivity contribution in [3.8, 4) is 5.75 Å². The Hall–Kier alpha value is -2.01. The zero-order chi connectivity index (χ0) is 14.1. The Kier molecular flexibility index (Phi) is 3.36. The fourth-order valence-corrected chi connectivity index (χ4v) is 2.38. The highest BCUT2D eigenvalue weighted by Gasteiger charge is 2.10. The van der Waals surface area contributed by atoms with E-state index in [-0.39, 0.29) is 5.56 Å². The third kappa shape index (κ3) is 2.36. The number of halogens is 1. The van der Waals surface area contributed by atoms with Crippen molar-refractivity contribution in [3.63, 3.8) is 0 Å². The molecule has 0 spiro atoms. The van der Waals surface area contributed by atoms with Gasteiger partial charge in [0.15, 0.2) is 5.58 Å². The van der Waals surface area contributed by atoms with Crippen molar-refractivity contribution in [2.24, 2.45) is 0 Å². The highest BCUT2D eigenvalue weighted by molar-refractivity contribution is 9.10. The summed E-state index contributed by atoms with van der Waals surface area (Å²) in [5, 5.41) is 0.585. The lowest BCUT2D eigenvalue weighted by Gasteiger charge is -2.02. The van der Waals surface area contributed by atoms with Crippen molar-refractivity contribution in [2.45, 2.75) is 6.54 Å². The number of hydrogen-bond donors (Lipinski definition) is 0. The van der Waals surface area contributed by atoms with Gasteiger partial charge in [-0.2, -0.15) is 4.74 Å². The van der Waals surface area contributed by atoms with Crippen molar-refractivity contribution in [1.29, 1.82) is 0 Å². The second kappa shape index (κ2) is 5.17. The Bertz CT molecular complexity index is 802. The number of fused-ring (bicyclic) bond motifs is 1. The van der Waals surface area contributed by atoms with Gasteiger partial charge in [-0.25, -0.2) is 0 Å². The molecular weight excluding hydrogens is 322 g/mol. The van der Waals surface area contributed by atoms with Crippen molar-refractivity contribution in [1.82, 2.24) is 4.74 Å². The van der Waals surface area contributed by atoms with E-state index in [9.17, 15) is 4.79 Å². The summed E-state index contributed by atoms with van der Waals surface area (Å²) in [6.45, 7) is 0.398. The van der Waals surface area contributed by atoms with Gasteiger partial charge in [0.05, 0.1) is 19.0 Å². The molecule has 0 saturated carbocycles. The molecule has 0 aliphatic rings.